The number of rotatable bonds is 3. The Bertz CT molecular complexity index is 1230. The quantitative estimate of drug-likeness (QED) is 0.607. The maximum absolute atomic E-state index is 12.3. The number of fused-ring (bicyclic) bond motifs is 3. The highest BCUT2D eigenvalue weighted by molar-refractivity contribution is 5.99. The van der Waals surface area contributed by atoms with Crippen LogP contribution in [0.4, 0.5) is 4.79 Å². The summed E-state index contributed by atoms with van der Waals surface area (Å²) in [6.45, 7) is 8.12. The lowest BCUT2D eigenvalue weighted by Crippen LogP contribution is -2.53. The summed E-state index contributed by atoms with van der Waals surface area (Å²) in [5, 5.41) is 13.9. The van der Waals surface area contributed by atoms with Crippen molar-refractivity contribution < 1.29 is 19.1 Å². The van der Waals surface area contributed by atoms with E-state index in [0.717, 1.165) is 41.5 Å². The number of nitriles is 1. The van der Waals surface area contributed by atoms with Crippen molar-refractivity contribution in [2.45, 2.75) is 71.2 Å². The van der Waals surface area contributed by atoms with Crippen LogP contribution >= 0.6 is 0 Å². The van der Waals surface area contributed by atoms with Crippen molar-refractivity contribution in [3.8, 4) is 17.2 Å². The minimum atomic E-state index is -0.577. The molecule has 3 atom stereocenters. The predicted molar refractivity (Wildman–Crippen MR) is 139 cm³/mol. The molecule has 8 nitrogen and oxygen atoms in total. The average molecular weight is 503 g/mol. The Balaban J connectivity index is 0.000000175. The van der Waals surface area contributed by atoms with Gasteiger partial charge in [0.1, 0.15) is 18.2 Å². The molecule has 3 aliphatic rings. The molecule has 2 bridgehead atoms. The molecular formula is C29H34N4O4. The first-order chi connectivity index (χ1) is 17.6. The van der Waals surface area contributed by atoms with Crippen LogP contribution < -0.4 is 10.6 Å². The number of nitrogens with one attached hydrogen (secondary N) is 2. The number of ether oxygens (including phenoxy) is 1. The predicted octanol–water partition coefficient (Wildman–Crippen LogP) is 4.32. The second-order valence-electron chi connectivity index (χ2n) is 10.9. The number of nitrogens with zero attached hydrogens (tertiary/aromatic N) is 2. The van der Waals surface area contributed by atoms with Gasteiger partial charge in [-0.1, -0.05) is 42.0 Å². The van der Waals surface area contributed by atoms with Gasteiger partial charge in [0.15, 0.2) is 0 Å². The largest absolute Gasteiger partial charge is 0.444 e. The van der Waals surface area contributed by atoms with Crippen LogP contribution in [0.25, 0.3) is 11.1 Å². The fourth-order valence-electron chi connectivity index (χ4n) is 5.27. The average Bonchev–Trinajstić information content (AvgIpc) is 3.57. The molecule has 2 aromatic rings. The summed E-state index contributed by atoms with van der Waals surface area (Å²) in [6.07, 6.45) is 2.30. The number of likely N-dealkylation sites (tertiary alicyclic amines) is 1. The molecule has 3 unspecified atom stereocenters. The highest BCUT2D eigenvalue weighted by atomic mass is 16.6. The van der Waals surface area contributed by atoms with E-state index in [1.54, 1.807) is 4.90 Å². The molecule has 0 spiro atoms. The Morgan fingerprint density at radius 1 is 1.14 bits per heavy atom. The fraction of sp³-hybridized carbons (Fsp3) is 0.448. The molecule has 2 aromatic carbocycles. The van der Waals surface area contributed by atoms with E-state index in [2.05, 4.69) is 47.9 Å². The third-order valence-corrected chi connectivity index (χ3v) is 6.98. The van der Waals surface area contributed by atoms with E-state index in [4.69, 9.17) is 10.00 Å². The number of amides is 3. The number of piperidine rings is 1. The molecular weight excluding hydrogens is 468 g/mol. The van der Waals surface area contributed by atoms with Crippen LogP contribution in [-0.2, 0) is 16.1 Å². The van der Waals surface area contributed by atoms with E-state index in [0.29, 0.717) is 6.54 Å². The van der Waals surface area contributed by atoms with Gasteiger partial charge < -0.3 is 15.4 Å². The maximum Gasteiger partial charge on any atom is 0.411 e. The molecule has 37 heavy (non-hydrogen) atoms. The lowest BCUT2D eigenvalue weighted by atomic mass is 9.98. The molecule has 8 heteroatoms. The van der Waals surface area contributed by atoms with Crippen LogP contribution in [0.5, 0.6) is 0 Å². The van der Waals surface area contributed by atoms with E-state index in [1.165, 1.54) is 5.56 Å². The normalized spacial score (nSPS) is 21.3. The van der Waals surface area contributed by atoms with Gasteiger partial charge in [-0.25, -0.2) is 4.79 Å². The number of aryl methyl sites for hydroxylation is 1. The first kappa shape index (κ1) is 26.2. The highest BCUT2D eigenvalue weighted by Gasteiger charge is 2.52. The van der Waals surface area contributed by atoms with E-state index in [9.17, 15) is 14.4 Å². The smallest absolute Gasteiger partial charge is 0.411 e. The molecule has 1 saturated carbocycles. The molecule has 1 saturated heterocycles. The first-order valence-electron chi connectivity index (χ1n) is 12.7. The zero-order valence-corrected chi connectivity index (χ0v) is 21.8. The Labute approximate surface area is 218 Å². The summed E-state index contributed by atoms with van der Waals surface area (Å²) in [4.78, 5) is 37.6. The summed E-state index contributed by atoms with van der Waals surface area (Å²) < 4.78 is 5.40. The van der Waals surface area contributed by atoms with Crippen molar-refractivity contribution in [2.75, 3.05) is 6.54 Å². The summed E-state index contributed by atoms with van der Waals surface area (Å²) in [5.41, 5.74) is 4.81. The second kappa shape index (κ2) is 10.6. The number of hydrogen-bond acceptors (Lipinski definition) is 5. The van der Waals surface area contributed by atoms with Crippen molar-refractivity contribution in [1.82, 2.24) is 15.5 Å². The molecule has 0 radical (unpaired) electrons. The van der Waals surface area contributed by atoms with Gasteiger partial charge in [0.25, 0.3) is 5.91 Å². The van der Waals surface area contributed by atoms with E-state index < -0.39 is 17.7 Å². The van der Waals surface area contributed by atoms with Gasteiger partial charge in [-0.05, 0) is 75.6 Å². The summed E-state index contributed by atoms with van der Waals surface area (Å²) in [6, 6.07) is 15.9. The number of hydrogen-bond donors (Lipinski definition) is 2. The van der Waals surface area contributed by atoms with Crippen molar-refractivity contribution in [2.24, 2.45) is 5.92 Å². The van der Waals surface area contributed by atoms with Crippen molar-refractivity contribution in [1.29, 1.82) is 5.26 Å². The fourth-order valence-corrected chi connectivity index (χ4v) is 5.27. The SMILES string of the molecule is CC(C)(C)OC(=O)N1C2CCC(C2)C1C(=O)NCC#N.Cc1ccc(-c2ccc3c(c2)C(=O)NC3)cc1. The monoisotopic (exact) mass is 502 g/mol. The van der Waals surface area contributed by atoms with Gasteiger partial charge in [0.05, 0.1) is 6.07 Å². The molecule has 2 fully saturated rings. The van der Waals surface area contributed by atoms with Crippen LogP contribution in [0.15, 0.2) is 42.5 Å². The topological polar surface area (TPSA) is 112 Å². The standard InChI is InChI=1S/C15H13NO.C14H21N3O3/c1-10-2-4-11(5-3-10)12-6-7-13-9-16-15(17)14(13)8-12;1-14(2,3)20-13(19)17-10-5-4-9(8-10)11(17)12(18)16-7-6-15/h2-8H,9H2,1H3,(H,16,17);9-11H,4-5,7-8H2,1-3H3,(H,16,18). The molecule has 2 aliphatic heterocycles. The Kier molecular flexibility index (Phi) is 7.53. The highest BCUT2D eigenvalue weighted by Crippen LogP contribution is 2.43. The van der Waals surface area contributed by atoms with Crippen molar-refractivity contribution >= 4 is 17.9 Å². The third kappa shape index (κ3) is 5.93. The molecule has 5 rings (SSSR count). The van der Waals surface area contributed by atoms with E-state index in [1.807, 2.05) is 39.0 Å². The van der Waals surface area contributed by atoms with Gasteiger partial charge in [0, 0.05) is 18.2 Å². The van der Waals surface area contributed by atoms with Crippen LogP contribution in [0, 0.1) is 24.2 Å². The van der Waals surface area contributed by atoms with Gasteiger partial charge in [-0.3, -0.25) is 14.5 Å². The zero-order valence-electron chi connectivity index (χ0n) is 21.8. The van der Waals surface area contributed by atoms with Crippen LogP contribution in [0.1, 0.15) is 61.5 Å². The van der Waals surface area contributed by atoms with Crippen LogP contribution in [0.3, 0.4) is 0 Å². The molecule has 2 N–H and O–H groups in total. The van der Waals surface area contributed by atoms with Crippen LogP contribution in [-0.4, -0.2) is 47.0 Å². The first-order valence-corrected chi connectivity index (χ1v) is 12.7. The molecule has 0 aromatic heterocycles. The lowest BCUT2D eigenvalue weighted by Gasteiger charge is -2.35. The minimum absolute atomic E-state index is 0.0329. The molecule has 194 valence electrons. The van der Waals surface area contributed by atoms with E-state index >= 15 is 0 Å². The van der Waals surface area contributed by atoms with Crippen LogP contribution in [0.2, 0.25) is 0 Å². The third-order valence-electron chi connectivity index (χ3n) is 6.98. The number of carbonyl (C=O) groups excluding carboxylic acids is 3. The van der Waals surface area contributed by atoms with Crippen molar-refractivity contribution in [3.05, 3.63) is 59.2 Å². The Morgan fingerprint density at radius 3 is 2.51 bits per heavy atom. The minimum Gasteiger partial charge on any atom is -0.444 e. The maximum atomic E-state index is 12.3. The summed E-state index contributed by atoms with van der Waals surface area (Å²) in [7, 11) is 0. The Morgan fingerprint density at radius 2 is 1.84 bits per heavy atom. The zero-order chi connectivity index (χ0) is 26.7. The number of benzene rings is 2. The van der Waals surface area contributed by atoms with Gasteiger partial charge in [0.2, 0.25) is 5.91 Å². The van der Waals surface area contributed by atoms with Gasteiger partial charge in [-0.2, -0.15) is 5.26 Å². The Hall–Kier alpha value is -3.86. The van der Waals surface area contributed by atoms with Gasteiger partial charge in [-0.15, -0.1) is 0 Å². The van der Waals surface area contributed by atoms with Gasteiger partial charge >= 0.3 is 6.09 Å². The molecule has 1 aliphatic carbocycles. The summed E-state index contributed by atoms with van der Waals surface area (Å²) in [5.74, 6) is -0.0233. The van der Waals surface area contributed by atoms with E-state index in [-0.39, 0.29) is 30.3 Å². The number of carbonyl (C=O) groups is 3. The summed E-state index contributed by atoms with van der Waals surface area (Å²) >= 11 is 0. The molecule has 2 heterocycles. The van der Waals surface area contributed by atoms with Crippen molar-refractivity contribution in [3.63, 3.8) is 0 Å². The lowest BCUT2D eigenvalue weighted by molar-refractivity contribution is -0.127. The molecule has 3 amide bonds. The second-order valence-corrected chi connectivity index (χ2v) is 10.9.